The smallest absolute Gasteiger partial charge is 0.191 e. The second-order valence-corrected chi connectivity index (χ2v) is 7.11. The maximum atomic E-state index is 4.31. The summed E-state index contributed by atoms with van der Waals surface area (Å²) in [6.07, 6.45) is 8.83. The molecular formula is C17H34N4. The standard InChI is InChI=1S/C17H34N4/c1-17(2,14-21(4)5)13-20-16(18-3)19-12-11-15-9-7-6-8-10-15/h9H,6-8,10-14H2,1-5H3,(H2,18,19,20). The molecule has 0 spiro atoms. The first-order chi connectivity index (χ1) is 9.93. The molecule has 0 radical (unpaired) electrons. The van der Waals surface area contributed by atoms with Crippen molar-refractivity contribution in [2.24, 2.45) is 10.4 Å². The maximum absolute atomic E-state index is 4.31. The van der Waals surface area contributed by atoms with Crippen molar-refractivity contribution in [3.63, 3.8) is 0 Å². The minimum Gasteiger partial charge on any atom is -0.356 e. The quantitative estimate of drug-likeness (QED) is 0.431. The third-order valence-corrected chi connectivity index (χ3v) is 3.83. The normalized spacial score (nSPS) is 16.9. The number of hydrogen-bond acceptors (Lipinski definition) is 2. The summed E-state index contributed by atoms with van der Waals surface area (Å²) in [5.74, 6) is 0.915. The van der Waals surface area contributed by atoms with E-state index >= 15 is 0 Å². The van der Waals surface area contributed by atoms with Crippen LogP contribution < -0.4 is 10.6 Å². The minimum atomic E-state index is 0.229. The van der Waals surface area contributed by atoms with Gasteiger partial charge in [0.25, 0.3) is 0 Å². The molecule has 0 unspecified atom stereocenters. The van der Waals surface area contributed by atoms with Gasteiger partial charge in [0.05, 0.1) is 0 Å². The van der Waals surface area contributed by atoms with Gasteiger partial charge in [-0.15, -0.1) is 0 Å². The highest BCUT2D eigenvalue weighted by molar-refractivity contribution is 5.79. The molecule has 0 aliphatic heterocycles. The Morgan fingerprint density at radius 3 is 2.62 bits per heavy atom. The van der Waals surface area contributed by atoms with Crippen LogP contribution in [0, 0.1) is 5.41 Å². The van der Waals surface area contributed by atoms with Crippen LogP contribution in [0.25, 0.3) is 0 Å². The van der Waals surface area contributed by atoms with Crippen LogP contribution in [-0.2, 0) is 0 Å². The van der Waals surface area contributed by atoms with Crippen LogP contribution in [0.5, 0.6) is 0 Å². The number of hydrogen-bond donors (Lipinski definition) is 2. The molecule has 122 valence electrons. The lowest BCUT2D eigenvalue weighted by atomic mass is 9.93. The number of allylic oxidation sites excluding steroid dienone is 1. The van der Waals surface area contributed by atoms with Gasteiger partial charge in [0, 0.05) is 26.7 Å². The average Bonchev–Trinajstić information content (AvgIpc) is 2.42. The number of rotatable bonds is 7. The largest absolute Gasteiger partial charge is 0.356 e. The summed E-state index contributed by atoms with van der Waals surface area (Å²) in [4.78, 5) is 6.54. The molecule has 0 fully saturated rings. The van der Waals surface area contributed by atoms with Gasteiger partial charge in [0.15, 0.2) is 5.96 Å². The van der Waals surface area contributed by atoms with Gasteiger partial charge in [0.2, 0.25) is 0 Å². The van der Waals surface area contributed by atoms with Crippen molar-refractivity contribution in [1.82, 2.24) is 15.5 Å². The second kappa shape index (κ2) is 9.08. The molecule has 0 amide bonds. The minimum absolute atomic E-state index is 0.229. The van der Waals surface area contributed by atoms with Gasteiger partial charge < -0.3 is 15.5 Å². The van der Waals surface area contributed by atoms with Crippen molar-refractivity contribution in [1.29, 1.82) is 0 Å². The van der Waals surface area contributed by atoms with Crippen LogP contribution in [0.1, 0.15) is 46.0 Å². The second-order valence-electron chi connectivity index (χ2n) is 7.11. The van der Waals surface area contributed by atoms with Crippen molar-refractivity contribution in [3.8, 4) is 0 Å². The molecule has 0 atom stereocenters. The van der Waals surface area contributed by atoms with E-state index in [9.17, 15) is 0 Å². The van der Waals surface area contributed by atoms with E-state index in [1.807, 2.05) is 7.05 Å². The Hall–Kier alpha value is -1.03. The molecule has 1 aliphatic carbocycles. The predicted molar refractivity (Wildman–Crippen MR) is 92.9 cm³/mol. The van der Waals surface area contributed by atoms with Gasteiger partial charge in [-0.25, -0.2) is 0 Å². The molecule has 1 rings (SSSR count). The Morgan fingerprint density at radius 2 is 2.05 bits per heavy atom. The van der Waals surface area contributed by atoms with Gasteiger partial charge in [0.1, 0.15) is 0 Å². The molecule has 4 nitrogen and oxygen atoms in total. The zero-order valence-corrected chi connectivity index (χ0v) is 14.6. The summed E-state index contributed by atoms with van der Waals surface area (Å²) in [6.45, 7) is 7.51. The highest BCUT2D eigenvalue weighted by Crippen LogP contribution is 2.19. The number of guanidine groups is 1. The molecule has 0 aromatic heterocycles. The molecule has 0 saturated carbocycles. The van der Waals surface area contributed by atoms with Crippen molar-refractivity contribution in [2.75, 3.05) is 40.8 Å². The highest BCUT2D eigenvalue weighted by Gasteiger charge is 2.19. The first kappa shape index (κ1) is 18.0. The fourth-order valence-corrected chi connectivity index (χ4v) is 2.93. The zero-order valence-electron chi connectivity index (χ0n) is 14.6. The van der Waals surface area contributed by atoms with Crippen LogP contribution in [0.15, 0.2) is 16.6 Å². The maximum Gasteiger partial charge on any atom is 0.191 e. The average molecular weight is 294 g/mol. The van der Waals surface area contributed by atoms with Gasteiger partial charge >= 0.3 is 0 Å². The van der Waals surface area contributed by atoms with E-state index < -0.39 is 0 Å². The lowest BCUT2D eigenvalue weighted by Crippen LogP contribution is -2.45. The summed E-state index contributed by atoms with van der Waals surface area (Å²) in [7, 11) is 6.08. The van der Waals surface area contributed by atoms with E-state index in [0.29, 0.717) is 0 Å². The summed E-state index contributed by atoms with van der Waals surface area (Å²) < 4.78 is 0. The number of nitrogens with zero attached hydrogens (tertiary/aromatic N) is 2. The monoisotopic (exact) mass is 294 g/mol. The van der Waals surface area contributed by atoms with Crippen LogP contribution in [0.2, 0.25) is 0 Å². The van der Waals surface area contributed by atoms with E-state index in [1.165, 1.54) is 25.7 Å². The molecule has 0 heterocycles. The van der Waals surface area contributed by atoms with Gasteiger partial charge in [-0.1, -0.05) is 25.5 Å². The van der Waals surface area contributed by atoms with Crippen molar-refractivity contribution >= 4 is 5.96 Å². The fourth-order valence-electron chi connectivity index (χ4n) is 2.93. The van der Waals surface area contributed by atoms with E-state index in [1.54, 1.807) is 5.57 Å². The third-order valence-electron chi connectivity index (χ3n) is 3.83. The number of nitrogens with one attached hydrogen (secondary N) is 2. The Morgan fingerprint density at radius 1 is 1.29 bits per heavy atom. The van der Waals surface area contributed by atoms with Crippen molar-refractivity contribution in [2.45, 2.75) is 46.0 Å². The predicted octanol–water partition coefficient (Wildman–Crippen LogP) is 2.63. The summed E-state index contributed by atoms with van der Waals surface area (Å²) in [6, 6.07) is 0. The molecule has 2 N–H and O–H groups in total. The Labute approximate surface area is 131 Å². The van der Waals surface area contributed by atoms with Gasteiger partial charge in [-0.05, 0) is 51.6 Å². The van der Waals surface area contributed by atoms with E-state index in [0.717, 1.165) is 32.0 Å². The molecule has 21 heavy (non-hydrogen) atoms. The molecular weight excluding hydrogens is 260 g/mol. The first-order valence-electron chi connectivity index (χ1n) is 8.20. The van der Waals surface area contributed by atoms with E-state index in [4.69, 9.17) is 0 Å². The lowest BCUT2D eigenvalue weighted by Gasteiger charge is -2.29. The van der Waals surface area contributed by atoms with E-state index in [2.05, 4.69) is 54.5 Å². The van der Waals surface area contributed by atoms with Gasteiger partial charge in [-0.3, -0.25) is 4.99 Å². The van der Waals surface area contributed by atoms with Crippen LogP contribution in [0.3, 0.4) is 0 Å². The lowest BCUT2D eigenvalue weighted by molar-refractivity contribution is 0.241. The molecule has 0 saturated heterocycles. The summed E-state index contributed by atoms with van der Waals surface area (Å²) >= 11 is 0. The molecule has 1 aliphatic rings. The summed E-state index contributed by atoms with van der Waals surface area (Å²) in [5, 5.41) is 6.87. The topological polar surface area (TPSA) is 39.7 Å². The zero-order chi connectivity index (χ0) is 15.7. The first-order valence-corrected chi connectivity index (χ1v) is 8.20. The van der Waals surface area contributed by atoms with Crippen LogP contribution in [-0.4, -0.2) is 51.6 Å². The van der Waals surface area contributed by atoms with E-state index in [-0.39, 0.29) is 5.41 Å². The van der Waals surface area contributed by atoms with Gasteiger partial charge in [-0.2, -0.15) is 0 Å². The Bertz CT molecular complexity index is 356. The molecule has 0 bridgehead atoms. The highest BCUT2D eigenvalue weighted by atomic mass is 15.2. The van der Waals surface area contributed by atoms with Crippen LogP contribution >= 0.6 is 0 Å². The fraction of sp³-hybridized carbons (Fsp3) is 0.824. The molecule has 0 aromatic rings. The number of aliphatic imine (C=N–C) groups is 1. The van der Waals surface area contributed by atoms with Crippen molar-refractivity contribution in [3.05, 3.63) is 11.6 Å². The molecule has 4 heteroatoms. The van der Waals surface area contributed by atoms with Crippen molar-refractivity contribution < 1.29 is 0 Å². The Balaban J connectivity index is 2.27. The van der Waals surface area contributed by atoms with Crippen LogP contribution in [0.4, 0.5) is 0 Å². The SMILES string of the molecule is CN=C(NCCC1=CCCCC1)NCC(C)(C)CN(C)C. The summed E-state index contributed by atoms with van der Waals surface area (Å²) in [5.41, 5.74) is 1.84. The Kier molecular flexibility index (Phi) is 7.79. The third kappa shape index (κ3) is 8.10. The molecule has 0 aromatic carbocycles.